The number of nitrogens with two attached hydrogens (primary N) is 1. The molecule has 0 saturated carbocycles. The second-order valence-corrected chi connectivity index (χ2v) is 5.26. The zero-order chi connectivity index (χ0) is 13.8. The van der Waals surface area contributed by atoms with Crippen LogP contribution in [0.2, 0.25) is 0 Å². The van der Waals surface area contributed by atoms with Crippen molar-refractivity contribution in [2.24, 2.45) is 12.9 Å². The molecule has 0 saturated heterocycles. The lowest BCUT2D eigenvalue weighted by atomic mass is 10.2. The summed E-state index contributed by atoms with van der Waals surface area (Å²) in [6, 6.07) is 2.04. The van der Waals surface area contributed by atoms with Gasteiger partial charge in [-0.2, -0.15) is 5.10 Å². The van der Waals surface area contributed by atoms with E-state index in [0.717, 1.165) is 34.2 Å². The summed E-state index contributed by atoms with van der Waals surface area (Å²) in [7, 11) is 1.93. The molecule has 19 heavy (non-hydrogen) atoms. The quantitative estimate of drug-likeness (QED) is 0.494. The maximum Gasteiger partial charge on any atom is 0.147 e. The molecule has 0 aliphatic rings. The van der Waals surface area contributed by atoms with Gasteiger partial charge in [-0.25, -0.2) is 15.8 Å². The molecule has 2 aromatic heterocycles. The third-order valence-corrected chi connectivity index (χ3v) is 3.84. The Morgan fingerprint density at radius 3 is 2.79 bits per heavy atom. The molecule has 0 aromatic carbocycles. The van der Waals surface area contributed by atoms with Crippen LogP contribution in [0.15, 0.2) is 22.4 Å². The van der Waals surface area contributed by atoms with E-state index in [1.54, 1.807) is 11.8 Å². The van der Waals surface area contributed by atoms with Gasteiger partial charge in [-0.05, 0) is 31.2 Å². The third kappa shape index (κ3) is 3.05. The number of aryl methyl sites for hydroxylation is 2. The van der Waals surface area contributed by atoms with Crippen molar-refractivity contribution in [3.63, 3.8) is 0 Å². The Balaban J connectivity index is 2.36. The van der Waals surface area contributed by atoms with Gasteiger partial charge in [0.1, 0.15) is 22.2 Å². The highest BCUT2D eigenvalue weighted by atomic mass is 32.2. The fourth-order valence-electron chi connectivity index (χ4n) is 1.87. The summed E-state index contributed by atoms with van der Waals surface area (Å²) >= 11 is 1.58. The van der Waals surface area contributed by atoms with Gasteiger partial charge in [0.2, 0.25) is 0 Å². The Hall–Kier alpha value is -1.60. The molecular weight excluding hydrogens is 260 g/mol. The fourth-order valence-corrected chi connectivity index (χ4v) is 2.89. The van der Waals surface area contributed by atoms with Crippen molar-refractivity contribution in [1.82, 2.24) is 19.7 Å². The molecule has 0 amide bonds. The molecule has 0 bridgehead atoms. The highest BCUT2D eigenvalue weighted by molar-refractivity contribution is 7.99. The summed E-state index contributed by atoms with van der Waals surface area (Å²) in [5.41, 5.74) is 4.69. The molecular formula is C12H18N6S. The SMILES string of the molecule is CCCc1c(NN)ncnc1Sc1cc(C)nn1C. The van der Waals surface area contributed by atoms with E-state index < -0.39 is 0 Å². The third-order valence-electron chi connectivity index (χ3n) is 2.70. The van der Waals surface area contributed by atoms with Crippen molar-refractivity contribution >= 4 is 17.6 Å². The van der Waals surface area contributed by atoms with Gasteiger partial charge in [0.25, 0.3) is 0 Å². The van der Waals surface area contributed by atoms with E-state index in [0.29, 0.717) is 5.82 Å². The van der Waals surface area contributed by atoms with Crippen LogP contribution in [0, 0.1) is 6.92 Å². The highest BCUT2D eigenvalue weighted by Gasteiger charge is 2.13. The molecule has 0 spiro atoms. The lowest BCUT2D eigenvalue weighted by molar-refractivity contribution is 0.691. The van der Waals surface area contributed by atoms with Gasteiger partial charge in [-0.3, -0.25) is 4.68 Å². The molecule has 0 radical (unpaired) electrons. The first-order valence-electron chi connectivity index (χ1n) is 6.14. The summed E-state index contributed by atoms with van der Waals surface area (Å²) in [5.74, 6) is 6.20. The van der Waals surface area contributed by atoms with Crippen LogP contribution in [-0.2, 0) is 13.5 Å². The van der Waals surface area contributed by atoms with E-state index in [-0.39, 0.29) is 0 Å². The average Bonchev–Trinajstić information content (AvgIpc) is 2.70. The second kappa shape index (κ2) is 6.03. The minimum Gasteiger partial charge on any atom is -0.308 e. The van der Waals surface area contributed by atoms with Gasteiger partial charge in [-0.1, -0.05) is 13.3 Å². The number of aromatic nitrogens is 4. The number of hydrogen-bond acceptors (Lipinski definition) is 6. The van der Waals surface area contributed by atoms with Crippen molar-refractivity contribution < 1.29 is 0 Å². The standard InChI is InChI=1S/C12H18N6S/c1-4-5-9-11(16-13)14-7-15-12(9)19-10-6-8(2)17-18(10)3/h6-7H,4-5,13H2,1-3H3,(H,14,15,16). The molecule has 0 atom stereocenters. The van der Waals surface area contributed by atoms with Crippen molar-refractivity contribution in [3.8, 4) is 0 Å². The molecule has 3 N–H and O–H groups in total. The molecule has 0 unspecified atom stereocenters. The molecule has 6 nitrogen and oxygen atoms in total. The molecule has 7 heteroatoms. The van der Waals surface area contributed by atoms with Gasteiger partial charge >= 0.3 is 0 Å². The lowest BCUT2D eigenvalue weighted by Gasteiger charge is -2.11. The Bertz CT molecular complexity index is 565. The number of nitrogens with one attached hydrogen (secondary N) is 1. The van der Waals surface area contributed by atoms with Crippen molar-refractivity contribution in [2.45, 2.75) is 36.7 Å². The molecule has 2 rings (SSSR count). The lowest BCUT2D eigenvalue weighted by Crippen LogP contribution is -2.12. The predicted octanol–water partition coefficient (Wildman–Crippen LogP) is 1.91. The van der Waals surface area contributed by atoms with Crippen molar-refractivity contribution in [1.29, 1.82) is 0 Å². The normalized spacial score (nSPS) is 10.7. The van der Waals surface area contributed by atoms with E-state index in [1.807, 2.05) is 24.7 Å². The van der Waals surface area contributed by atoms with E-state index >= 15 is 0 Å². The van der Waals surface area contributed by atoms with E-state index in [9.17, 15) is 0 Å². The van der Waals surface area contributed by atoms with Crippen LogP contribution in [0.4, 0.5) is 5.82 Å². The number of rotatable bonds is 5. The van der Waals surface area contributed by atoms with Gasteiger partial charge in [0, 0.05) is 12.6 Å². The topological polar surface area (TPSA) is 81.7 Å². The Kier molecular flexibility index (Phi) is 4.39. The molecule has 2 heterocycles. The van der Waals surface area contributed by atoms with Gasteiger partial charge in [0.15, 0.2) is 0 Å². The van der Waals surface area contributed by atoms with Crippen molar-refractivity contribution in [3.05, 3.63) is 23.7 Å². The fraction of sp³-hybridized carbons (Fsp3) is 0.417. The molecule has 2 aromatic rings. The molecule has 0 aliphatic carbocycles. The Morgan fingerprint density at radius 1 is 1.42 bits per heavy atom. The van der Waals surface area contributed by atoms with Crippen LogP contribution in [0.25, 0.3) is 0 Å². The maximum atomic E-state index is 5.51. The summed E-state index contributed by atoms with van der Waals surface area (Å²) < 4.78 is 1.85. The number of hydrogen-bond donors (Lipinski definition) is 2. The van der Waals surface area contributed by atoms with Crippen molar-refractivity contribution in [2.75, 3.05) is 5.43 Å². The first kappa shape index (κ1) is 13.8. The van der Waals surface area contributed by atoms with Gasteiger partial charge in [0.05, 0.1) is 5.69 Å². The highest BCUT2D eigenvalue weighted by Crippen LogP contribution is 2.31. The molecule has 0 aliphatic heterocycles. The first-order valence-corrected chi connectivity index (χ1v) is 6.96. The van der Waals surface area contributed by atoms with Crippen LogP contribution in [0.5, 0.6) is 0 Å². The summed E-state index contributed by atoms with van der Waals surface area (Å²) in [6.45, 7) is 4.10. The maximum absolute atomic E-state index is 5.51. The Labute approximate surface area is 116 Å². The van der Waals surface area contributed by atoms with Crippen LogP contribution < -0.4 is 11.3 Å². The average molecular weight is 278 g/mol. The van der Waals surface area contributed by atoms with Gasteiger partial charge in [-0.15, -0.1) is 0 Å². The zero-order valence-electron chi connectivity index (χ0n) is 11.3. The summed E-state index contributed by atoms with van der Waals surface area (Å²) in [4.78, 5) is 8.53. The van der Waals surface area contributed by atoms with E-state index in [4.69, 9.17) is 5.84 Å². The van der Waals surface area contributed by atoms with Crippen LogP contribution >= 0.6 is 11.8 Å². The second-order valence-electron chi connectivity index (χ2n) is 4.25. The summed E-state index contributed by atoms with van der Waals surface area (Å²) in [6.07, 6.45) is 3.43. The van der Waals surface area contributed by atoms with Gasteiger partial charge < -0.3 is 5.43 Å². The van der Waals surface area contributed by atoms with Crippen LogP contribution in [-0.4, -0.2) is 19.7 Å². The minimum atomic E-state index is 0.693. The molecule has 102 valence electrons. The number of anilines is 1. The smallest absolute Gasteiger partial charge is 0.147 e. The monoisotopic (exact) mass is 278 g/mol. The Morgan fingerprint density at radius 2 is 2.21 bits per heavy atom. The number of nitrogen functional groups attached to an aromatic ring is 1. The predicted molar refractivity (Wildman–Crippen MR) is 75.9 cm³/mol. The summed E-state index contributed by atoms with van der Waals surface area (Å²) in [5, 5.41) is 6.31. The molecule has 0 fully saturated rings. The number of nitrogens with zero attached hydrogens (tertiary/aromatic N) is 4. The first-order chi connectivity index (χ1) is 9.15. The van der Waals surface area contributed by atoms with E-state index in [2.05, 4.69) is 27.4 Å². The van der Waals surface area contributed by atoms with Crippen LogP contribution in [0.1, 0.15) is 24.6 Å². The zero-order valence-corrected chi connectivity index (χ0v) is 12.2. The minimum absolute atomic E-state index is 0.693. The van der Waals surface area contributed by atoms with Crippen LogP contribution in [0.3, 0.4) is 0 Å². The van der Waals surface area contributed by atoms with E-state index in [1.165, 1.54) is 6.33 Å². The largest absolute Gasteiger partial charge is 0.308 e. The number of hydrazine groups is 1.